The molecule has 0 aliphatic carbocycles. The number of hydrogen-bond donors (Lipinski definition) is 1. The van der Waals surface area contributed by atoms with E-state index >= 15 is 0 Å². The minimum Gasteiger partial charge on any atom is -0.445 e. The van der Waals surface area contributed by atoms with Crippen molar-refractivity contribution >= 4 is 17.8 Å². The number of nitrogens with zero attached hydrogens (tertiary/aromatic N) is 4. The average Bonchev–Trinajstić information content (AvgIpc) is 3.52. The number of aromatic nitrogens is 4. The van der Waals surface area contributed by atoms with Crippen molar-refractivity contribution in [3.8, 4) is 0 Å². The molecule has 0 radical (unpaired) electrons. The molecule has 6 nitrogen and oxygen atoms in total. The van der Waals surface area contributed by atoms with E-state index in [1.54, 1.807) is 24.4 Å². The normalized spacial score (nSPS) is 11.9. The van der Waals surface area contributed by atoms with E-state index < -0.39 is 11.7 Å². The van der Waals surface area contributed by atoms with Crippen LogP contribution in [0.2, 0.25) is 0 Å². The summed E-state index contributed by atoms with van der Waals surface area (Å²) >= 11 is 0. The van der Waals surface area contributed by atoms with Crippen LogP contribution < -0.4 is 5.32 Å². The Balaban J connectivity index is 1.23. The number of oxazole rings is 1. The number of benzene rings is 2. The first kappa shape index (κ1) is 23.3. The van der Waals surface area contributed by atoms with E-state index in [1.807, 2.05) is 23.0 Å². The van der Waals surface area contributed by atoms with E-state index in [0.717, 1.165) is 43.6 Å². The second kappa shape index (κ2) is 10.8. The Morgan fingerprint density at radius 2 is 1.88 bits per heavy atom. The third kappa shape index (κ3) is 6.81. The Hall–Kier alpha value is -3.88. The molecule has 2 heterocycles. The molecule has 0 amide bonds. The second-order valence-electron chi connectivity index (χ2n) is 7.81. The molecule has 1 N–H and O–H groups in total. The summed E-state index contributed by atoms with van der Waals surface area (Å²) in [5, 5.41) is 11.1. The van der Waals surface area contributed by atoms with Crippen LogP contribution in [-0.4, -0.2) is 20.0 Å². The first-order valence-electron chi connectivity index (χ1n) is 10.9. The predicted octanol–water partition coefficient (Wildman–Crippen LogP) is 6.09. The number of halogens is 3. The van der Waals surface area contributed by atoms with Crippen molar-refractivity contribution in [1.29, 1.82) is 0 Å². The summed E-state index contributed by atoms with van der Waals surface area (Å²) in [6, 6.07) is 13.4. The first-order chi connectivity index (χ1) is 16.5. The summed E-state index contributed by atoms with van der Waals surface area (Å²) in [6.45, 7) is 1.34. The number of hydrogen-bond acceptors (Lipinski definition) is 5. The molecule has 2 aromatic carbocycles. The van der Waals surface area contributed by atoms with Crippen LogP contribution in [0.1, 0.15) is 41.1 Å². The molecule has 0 spiro atoms. The molecule has 0 aliphatic heterocycles. The third-order valence-corrected chi connectivity index (χ3v) is 5.20. The Morgan fingerprint density at radius 1 is 1.03 bits per heavy atom. The van der Waals surface area contributed by atoms with Crippen molar-refractivity contribution in [2.75, 3.05) is 5.32 Å². The van der Waals surface area contributed by atoms with Crippen LogP contribution in [0.3, 0.4) is 0 Å². The molecule has 34 heavy (non-hydrogen) atoms. The van der Waals surface area contributed by atoms with Crippen LogP contribution >= 0.6 is 0 Å². The van der Waals surface area contributed by atoms with Crippen molar-refractivity contribution in [3.05, 3.63) is 95.5 Å². The monoisotopic (exact) mass is 467 g/mol. The third-order valence-electron chi connectivity index (χ3n) is 5.20. The van der Waals surface area contributed by atoms with Gasteiger partial charge in [0.15, 0.2) is 0 Å². The van der Waals surface area contributed by atoms with Gasteiger partial charge in [-0.05, 0) is 60.7 Å². The highest BCUT2D eigenvalue weighted by atomic mass is 19.4. The van der Waals surface area contributed by atoms with Crippen molar-refractivity contribution in [1.82, 2.24) is 20.0 Å². The van der Waals surface area contributed by atoms with Crippen LogP contribution in [0.5, 0.6) is 0 Å². The lowest BCUT2D eigenvalue weighted by Crippen LogP contribution is -2.04. The largest absolute Gasteiger partial charge is 0.445 e. The van der Waals surface area contributed by atoms with E-state index in [-0.39, 0.29) is 0 Å². The van der Waals surface area contributed by atoms with Gasteiger partial charge in [-0.2, -0.15) is 13.2 Å². The van der Waals surface area contributed by atoms with E-state index in [2.05, 4.69) is 32.7 Å². The van der Waals surface area contributed by atoms with E-state index in [0.29, 0.717) is 23.7 Å². The van der Waals surface area contributed by atoms with Crippen LogP contribution in [0, 0.1) is 0 Å². The highest BCUT2D eigenvalue weighted by Gasteiger charge is 2.30. The molecule has 4 aromatic rings. The van der Waals surface area contributed by atoms with Gasteiger partial charge >= 0.3 is 6.18 Å². The molecule has 0 fully saturated rings. The molecular weight excluding hydrogens is 443 g/mol. The molecule has 0 unspecified atom stereocenters. The summed E-state index contributed by atoms with van der Waals surface area (Å²) in [6.07, 6.45) is 6.92. The lowest BCUT2D eigenvalue weighted by Gasteiger charge is -2.06. The maximum absolute atomic E-state index is 12.8. The fourth-order valence-electron chi connectivity index (χ4n) is 3.40. The summed E-state index contributed by atoms with van der Waals surface area (Å²) in [5.41, 5.74) is 2.67. The van der Waals surface area contributed by atoms with Gasteiger partial charge < -0.3 is 9.73 Å². The molecule has 0 bridgehead atoms. The molecule has 9 heteroatoms. The maximum atomic E-state index is 12.8. The van der Waals surface area contributed by atoms with Gasteiger partial charge in [0.2, 0.25) is 5.89 Å². The number of alkyl halides is 3. The lowest BCUT2D eigenvalue weighted by atomic mass is 10.1. The minimum atomic E-state index is -4.37. The van der Waals surface area contributed by atoms with Crippen LogP contribution in [0.15, 0.2) is 71.6 Å². The Labute approximate surface area is 195 Å². The van der Waals surface area contributed by atoms with Gasteiger partial charge in [0.05, 0.1) is 24.0 Å². The van der Waals surface area contributed by atoms with Crippen LogP contribution in [0.25, 0.3) is 12.2 Å². The van der Waals surface area contributed by atoms with E-state index in [4.69, 9.17) is 4.42 Å². The fraction of sp³-hybridized carbons (Fsp3) is 0.240. The Kier molecular flexibility index (Phi) is 7.41. The lowest BCUT2D eigenvalue weighted by molar-refractivity contribution is -0.137. The van der Waals surface area contributed by atoms with Gasteiger partial charge in [0.25, 0.3) is 0 Å². The quantitative estimate of drug-likeness (QED) is 0.286. The molecule has 0 saturated heterocycles. The Bertz CT molecular complexity index is 1200. The minimum absolute atomic E-state index is 0.329. The Morgan fingerprint density at radius 3 is 2.65 bits per heavy atom. The molecule has 0 atom stereocenters. The van der Waals surface area contributed by atoms with Crippen LogP contribution in [-0.2, 0) is 25.7 Å². The van der Waals surface area contributed by atoms with E-state index in [9.17, 15) is 13.2 Å². The van der Waals surface area contributed by atoms with Gasteiger partial charge in [0, 0.05) is 24.5 Å². The SMILES string of the molecule is FC(F)(F)c1cccc(/C=C/c2nc(CNc3ccc(CCCCn4ccnn4)cc3)co2)c1. The topological polar surface area (TPSA) is 68.8 Å². The number of unbranched alkanes of at least 4 members (excludes halogenated alkanes) is 1. The fourth-order valence-corrected chi connectivity index (χ4v) is 3.40. The summed E-state index contributed by atoms with van der Waals surface area (Å²) in [7, 11) is 0. The van der Waals surface area contributed by atoms with Crippen molar-refractivity contribution in [3.63, 3.8) is 0 Å². The molecule has 176 valence electrons. The van der Waals surface area contributed by atoms with Gasteiger partial charge in [-0.25, -0.2) is 4.98 Å². The summed E-state index contributed by atoms with van der Waals surface area (Å²) < 4.78 is 45.7. The smallest absolute Gasteiger partial charge is 0.416 e. The van der Waals surface area contributed by atoms with Gasteiger partial charge in [-0.15, -0.1) is 5.10 Å². The molecule has 2 aromatic heterocycles. The van der Waals surface area contributed by atoms with Crippen molar-refractivity contribution in [2.45, 2.75) is 38.5 Å². The number of nitrogens with one attached hydrogen (secondary N) is 1. The molecular formula is C25H24F3N5O. The van der Waals surface area contributed by atoms with Gasteiger partial charge in [-0.3, -0.25) is 4.68 Å². The number of rotatable bonds is 10. The molecule has 0 saturated carbocycles. The molecule has 4 rings (SSSR count). The van der Waals surface area contributed by atoms with Crippen molar-refractivity contribution in [2.24, 2.45) is 0 Å². The zero-order valence-electron chi connectivity index (χ0n) is 18.4. The zero-order valence-corrected chi connectivity index (χ0v) is 18.4. The van der Waals surface area contributed by atoms with Gasteiger partial charge in [0.1, 0.15) is 6.26 Å². The summed E-state index contributed by atoms with van der Waals surface area (Å²) in [4.78, 5) is 4.35. The highest BCUT2D eigenvalue weighted by molar-refractivity contribution is 5.66. The van der Waals surface area contributed by atoms with Crippen LogP contribution in [0.4, 0.5) is 18.9 Å². The standard InChI is InChI=1S/C25H24F3N5O/c26-25(27,28)21-6-3-5-20(16-21)9-12-24-31-23(18-34-24)17-29-22-10-7-19(8-11-22)4-1-2-14-33-15-13-30-32-33/h3,5-13,15-16,18,29H,1-2,4,14,17H2/b12-9+. The summed E-state index contributed by atoms with van der Waals surface area (Å²) in [5.74, 6) is 0.329. The van der Waals surface area contributed by atoms with Gasteiger partial charge in [-0.1, -0.05) is 29.5 Å². The van der Waals surface area contributed by atoms with E-state index in [1.165, 1.54) is 17.9 Å². The predicted molar refractivity (Wildman–Crippen MR) is 124 cm³/mol. The number of aryl methyl sites for hydroxylation is 2. The average molecular weight is 467 g/mol. The van der Waals surface area contributed by atoms with Crippen molar-refractivity contribution < 1.29 is 17.6 Å². The highest BCUT2D eigenvalue weighted by Crippen LogP contribution is 2.29. The maximum Gasteiger partial charge on any atom is 0.416 e. The zero-order chi connectivity index (χ0) is 23.8. The molecule has 0 aliphatic rings. The second-order valence-corrected chi connectivity index (χ2v) is 7.81. The first-order valence-corrected chi connectivity index (χ1v) is 10.9. The number of anilines is 1.